The Balaban J connectivity index is 1.39. The minimum atomic E-state index is 0.0278. The maximum atomic E-state index is 12.5. The molecular formula is C22H26N2O3. The van der Waals surface area contributed by atoms with Crippen LogP contribution in [0.1, 0.15) is 19.4 Å². The molecule has 2 unspecified atom stereocenters. The molecule has 27 heavy (non-hydrogen) atoms. The molecule has 1 amide bonds. The molecule has 2 atom stereocenters. The Kier molecular flexibility index (Phi) is 5.14. The number of furan rings is 1. The fourth-order valence-electron chi connectivity index (χ4n) is 4.06. The van der Waals surface area contributed by atoms with E-state index in [0.29, 0.717) is 13.0 Å². The van der Waals surface area contributed by atoms with Gasteiger partial charge >= 0.3 is 0 Å². The van der Waals surface area contributed by atoms with Gasteiger partial charge in [-0.05, 0) is 30.7 Å². The first-order valence-electron chi connectivity index (χ1n) is 9.62. The molecular weight excluding hydrogens is 340 g/mol. The van der Waals surface area contributed by atoms with E-state index in [1.807, 2.05) is 18.2 Å². The standard InChI is InChI=1S/C22H26N2O3/c1-15-12-24(13-16(2)27-15)10-9-23-21(25)11-18-14-26-20-8-7-17-5-3-4-6-19(17)22(18)20/h3-8,14-16H,9-13H2,1-2H3,(H,23,25). The average Bonchev–Trinajstić information content (AvgIpc) is 3.04. The summed E-state index contributed by atoms with van der Waals surface area (Å²) in [6, 6.07) is 12.2. The number of rotatable bonds is 5. The van der Waals surface area contributed by atoms with Crippen LogP contribution in [0.5, 0.6) is 0 Å². The summed E-state index contributed by atoms with van der Waals surface area (Å²) in [7, 11) is 0. The Bertz CT molecular complexity index is 939. The summed E-state index contributed by atoms with van der Waals surface area (Å²) >= 11 is 0. The van der Waals surface area contributed by atoms with E-state index < -0.39 is 0 Å². The SMILES string of the molecule is CC1CN(CCNC(=O)Cc2coc3ccc4ccccc4c23)CC(C)O1. The number of hydrogen-bond acceptors (Lipinski definition) is 4. The van der Waals surface area contributed by atoms with E-state index in [4.69, 9.17) is 9.15 Å². The summed E-state index contributed by atoms with van der Waals surface area (Å²) in [5.41, 5.74) is 1.76. The van der Waals surface area contributed by atoms with E-state index in [1.165, 1.54) is 0 Å². The number of ether oxygens (including phenoxy) is 1. The highest BCUT2D eigenvalue weighted by molar-refractivity contribution is 6.08. The molecule has 1 N–H and O–H groups in total. The molecule has 0 saturated carbocycles. The number of carbonyl (C=O) groups is 1. The van der Waals surface area contributed by atoms with E-state index in [9.17, 15) is 4.79 Å². The Morgan fingerprint density at radius 2 is 1.93 bits per heavy atom. The van der Waals surface area contributed by atoms with Gasteiger partial charge in [0, 0.05) is 37.1 Å². The summed E-state index contributed by atoms with van der Waals surface area (Å²) in [6.07, 6.45) is 2.53. The quantitative estimate of drug-likeness (QED) is 0.752. The van der Waals surface area contributed by atoms with Crippen molar-refractivity contribution in [1.29, 1.82) is 0 Å². The molecule has 142 valence electrons. The Morgan fingerprint density at radius 1 is 1.15 bits per heavy atom. The van der Waals surface area contributed by atoms with Crippen molar-refractivity contribution in [3.05, 3.63) is 48.2 Å². The molecule has 1 saturated heterocycles. The van der Waals surface area contributed by atoms with Crippen LogP contribution in [-0.2, 0) is 16.0 Å². The van der Waals surface area contributed by atoms with Crippen molar-refractivity contribution in [2.45, 2.75) is 32.5 Å². The first-order chi connectivity index (χ1) is 13.1. The molecule has 1 aromatic heterocycles. The normalized spacial score (nSPS) is 21.0. The average molecular weight is 366 g/mol. The number of carbonyl (C=O) groups excluding carboxylic acids is 1. The highest BCUT2D eigenvalue weighted by Crippen LogP contribution is 2.30. The summed E-state index contributed by atoms with van der Waals surface area (Å²) < 4.78 is 11.4. The lowest BCUT2D eigenvalue weighted by molar-refractivity contribution is -0.120. The number of hydrogen-bond donors (Lipinski definition) is 1. The summed E-state index contributed by atoms with van der Waals surface area (Å²) in [5.74, 6) is 0.0278. The minimum Gasteiger partial charge on any atom is -0.464 e. The second-order valence-corrected chi connectivity index (χ2v) is 7.46. The fraction of sp³-hybridized carbons (Fsp3) is 0.409. The third-order valence-electron chi connectivity index (χ3n) is 5.14. The van der Waals surface area contributed by atoms with Crippen molar-refractivity contribution in [3.63, 3.8) is 0 Å². The van der Waals surface area contributed by atoms with E-state index in [2.05, 4.69) is 42.3 Å². The molecule has 0 aliphatic carbocycles. The second-order valence-electron chi connectivity index (χ2n) is 7.46. The third kappa shape index (κ3) is 3.99. The van der Waals surface area contributed by atoms with E-state index in [1.54, 1.807) is 6.26 Å². The molecule has 1 fully saturated rings. The molecule has 0 spiro atoms. The molecule has 2 aromatic carbocycles. The van der Waals surface area contributed by atoms with Crippen LogP contribution in [0, 0.1) is 0 Å². The topological polar surface area (TPSA) is 54.7 Å². The van der Waals surface area contributed by atoms with Gasteiger partial charge in [0.2, 0.25) is 5.91 Å². The highest BCUT2D eigenvalue weighted by Gasteiger charge is 2.21. The summed E-state index contributed by atoms with van der Waals surface area (Å²) in [6.45, 7) is 7.51. The number of amides is 1. The Morgan fingerprint density at radius 3 is 2.74 bits per heavy atom. The second kappa shape index (κ2) is 7.71. The lowest BCUT2D eigenvalue weighted by Gasteiger charge is -2.35. The number of benzene rings is 2. The van der Waals surface area contributed by atoms with Crippen molar-refractivity contribution in [3.8, 4) is 0 Å². The zero-order valence-corrected chi connectivity index (χ0v) is 15.9. The van der Waals surface area contributed by atoms with Crippen molar-refractivity contribution in [2.24, 2.45) is 0 Å². The van der Waals surface area contributed by atoms with Crippen LogP contribution < -0.4 is 5.32 Å². The van der Waals surface area contributed by atoms with Gasteiger partial charge in [0.25, 0.3) is 0 Å². The minimum absolute atomic E-state index is 0.0278. The smallest absolute Gasteiger partial charge is 0.224 e. The Labute approximate surface area is 159 Å². The third-order valence-corrected chi connectivity index (χ3v) is 5.14. The van der Waals surface area contributed by atoms with Gasteiger partial charge in [-0.3, -0.25) is 9.69 Å². The van der Waals surface area contributed by atoms with E-state index in [-0.39, 0.29) is 18.1 Å². The maximum absolute atomic E-state index is 12.5. The fourth-order valence-corrected chi connectivity index (χ4v) is 4.06. The molecule has 0 bridgehead atoms. The van der Waals surface area contributed by atoms with Crippen LogP contribution in [0.25, 0.3) is 21.7 Å². The van der Waals surface area contributed by atoms with Crippen LogP contribution in [0.4, 0.5) is 0 Å². The molecule has 1 aliphatic rings. The van der Waals surface area contributed by atoms with Crippen molar-refractivity contribution in [1.82, 2.24) is 10.2 Å². The van der Waals surface area contributed by atoms with Gasteiger partial charge in [-0.2, -0.15) is 0 Å². The van der Waals surface area contributed by atoms with Crippen molar-refractivity contribution in [2.75, 3.05) is 26.2 Å². The predicted molar refractivity (Wildman–Crippen MR) is 107 cm³/mol. The molecule has 2 heterocycles. The lowest BCUT2D eigenvalue weighted by atomic mass is 10.0. The van der Waals surface area contributed by atoms with Crippen LogP contribution in [0.3, 0.4) is 0 Å². The molecule has 0 radical (unpaired) electrons. The molecule has 5 nitrogen and oxygen atoms in total. The van der Waals surface area contributed by atoms with Crippen LogP contribution in [0.2, 0.25) is 0 Å². The van der Waals surface area contributed by atoms with Crippen LogP contribution >= 0.6 is 0 Å². The van der Waals surface area contributed by atoms with Gasteiger partial charge in [0.15, 0.2) is 0 Å². The monoisotopic (exact) mass is 366 g/mol. The van der Waals surface area contributed by atoms with Gasteiger partial charge in [-0.25, -0.2) is 0 Å². The summed E-state index contributed by atoms with van der Waals surface area (Å²) in [4.78, 5) is 14.8. The zero-order chi connectivity index (χ0) is 18.8. The van der Waals surface area contributed by atoms with E-state index in [0.717, 1.165) is 46.9 Å². The Hall–Kier alpha value is -2.37. The van der Waals surface area contributed by atoms with Gasteiger partial charge in [0.1, 0.15) is 5.58 Å². The van der Waals surface area contributed by atoms with Gasteiger partial charge in [0.05, 0.1) is 24.9 Å². The first kappa shape index (κ1) is 18.0. The van der Waals surface area contributed by atoms with Gasteiger partial charge < -0.3 is 14.5 Å². The molecule has 4 rings (SSSR count). The van der Waals surface area contributed by atoms with Crippen LogP contribution in [-0.4, -0.2) is 49.2 Å². The summed E-state index contributed by atoms with van der Waals surface area (Å²) in [5, 5.41) is 6.37. The van der Waals surface area contributed by atoms with Crippen molar-refractivity contribution < 1.29 is 13.9 Å². The van der Waals surface area contributed by atoms with E-state index >= 15 is 0 Å². The van der Waals surface area contributed by atoms with Crippen LogP contribution in [0.15, 0.2) is 47.1 Å². The number of nitrogens with one attached hydrogen (secondary N) is 1. The molecule has 5 heteroatoms. The van der Waals surface area contributed by atoms with Crippen molar-refractivity contribution >= 4 is 27.6 Å². The molecule has 3 aromatic rings. The van der Waals surface area contributed by atoms with Gasteiger partial charge in [-0.1, -0.05) is 30.3 Å². The number of morpholine rings is 1. The highest BCUT2D eigenvalue weighted by atomic mass is 16.5. The predicted octanol–water partition coefficient (Wildman–Crippen LogP) is 3.35. The first-order valence-corrected chi connectivity index (χ1v) is 9.62. The van der Waals surface area contributed by atoms with Gasteiger partial charge in [-0.15, -0.1) is 0 Å². The number of fused-ring (bicyclic) bond motifs is 3. The zero-order valence-electron chi connectivity index (χ0n) is 15.9. The molecule has 1 aliphatic heterocycles. The largest absolute Gasteiger partial charge is 0.464 e. The maximum Gasteiger partial charge on any atom is 0.224 e. The lowest BCUT2D eigenvalue weighted by Crippen LogP contribution is -2.48. The number of nitrogens with zero attached hydrogens (tertiary/aromatic N) is 1.